The van der Waals surface area contributed by atoms with Crippen LogP contribution in [-0.4, -0.2) is 19.5 Å². The van der Waals surface area contributed by atoms with E-state index in [1.807, 2.05) is 0 Å². The maximum absolute atomic E-state index is 12.2. The van der Waals surface area contributed by atoms with Gasteiger partial charge in [0.25, 0.3) is 10.0 Å². The van der Waals surface area contributed by atoms with E-state index in [4.69, 9.17) is 22.5 Å². The van der Waals surface area contributed by atoms with E-state index in [2.05, 4.69) is 25.8 Å². The number of nitrogens with zero attached hydrogens (tertiary/aromatic N) is 1. The van der Waals surface area contributed by atoms with Crippen molar-refractivity contribution < 1.29 is 13.6 Å². The van der Waals surface area contributed by atoms with Crippen molar-refractivity contribution in [1.82, 2.24) is 0 Å². The molecule has 0 aliphatic carbocycles. The summed E-state index contributed by atoms with van der Waals surface area (Å²) in [5.41, 5.74) is 6.01. The molecule has 0 saturated carbocycles. The number of benzene rings is 1. The van der Waals surface area contributed by atoms with E-state index in [0.717, 1.165) is 11.3 Å². The lowest BCUT2D eigenvalue weighted by molar-refractivity contribution is 0.318. The monoisotopic (exact) mass is 409 g/mol. The van der Waals surface area contributed by atoms with Gasteiger partial charge in [-0.15, -0.1) is 11.3 Å². The van der Waals surface area contributed by atoms with Crippen LogP contribution in [0.25, 0.3) is 0 Å². The van der Waals surface area contributed by atoms with Crippen LogP contribution in [0, 0.1) is 0 Å². The normalized spacial score (nSPS) is 12.4. The van der Waals surface area contributed by atoms with Crippen molar-refractivity contribution in [2.45, 2.75) is 4.21 Å². The van der Waals surface area contributed by atoms with Gasteiger partial charge in [-0.1, -0.05) is 16.8 Å². The summed E-state index contributed by atoms with van der Waals surface area (Å²) >= 11 is 10.3. The molecule has 6 nitrogen and oxygen atoms in total. The third kappa shape index (κ3) is 3.49. The van der Waals surface area contributed by atoms with Gasteiger partial charge in [-0.05, 0) is 45.6 Å². The molecule has 1 heterocycles. The number of anilines is 1. The van der Waals surface area contributed by atoms with Gasteiger partial charge in [0, 0.05) is 10.0 Å². The van der Waals surface area contributed by atoms with Gasteiger partial charge in [0.15, 0.2) is 10.0 Å². The Morgan fingerprint density at radius 2 is 2.14 bits per heavy atom. The zero-order valence-corrected chi connectivity index (χ0v) is 14.2. The Bertz CT molecular complexity index is 805. The molecule has 2 aromatic rings. The third-order valence-electron chi connectivity index (χ3n) is 2.45. The maximum atomic E-state index is 12.2. The summed E-state index contributed by atoms with van der Waals surface area (Å²) in [4.78, 5) is 0. The first-order chi connectivity index (χ1) is 9.85. The van der Waals surface area contributed by atoms with Crippen LogP contribution in [0.15, 0.2) is 43.5 Å². The van der Waals surface area contributed by atoms with Crippen molar-refractivity contribution in [2.24, 2.45) is 10.9 Å². The fraction of sp³-hybridized carbons (Fsp3) is 0. The number of sulfonamides is 1. The quantitative estimate of drug-likeness (QED) is 0.312. The van der Waals surface area contributed by atoms with Crippen molar-refractivity contribution in [2.75, 3.05) is 4.72 Å². The van der Waals surface area contributed by atoms with Gasteiger partial charge in [-0.25, -0.2) is 8.42 Å². The van der Waals surface area contributed by atoms with Crippen molar-refractivity contribution in [3.63, 3.8) is 0 Å². The summed E-state index contributed by atoms with van der Waals surface area (Å²) in [6.07, 6.45) is 0. The molecule has 4 N–H and O–H groups in total. The van der Waals surface area contributed by atoms with Crippen molar-refractivity contribution in [3.05, 3.63) is 44.7 Å². The number of rotatable bonds is 4. The number of hydrogen-bond acceptors (Lipinski definition) is 5. The summed E-state index contributed by atoms with van der Waals surface area (Å²) in [6.45, 7) is 0. The van der Waals surface area contributed by atoms with E-state index in [-0.39, 0.29) is 20.8 Å². The van der Waals surface area contributed by atoms with Gasteiger partial charge in [-0.2, -0.15) is 0 Å². The predicted molar refractivity (Wildman–Crippen MR) is 86.8 cm³/mol. The molecule has 1 aromatic carbocycles. The molecule has 1 aromatic heterocycles. The zero-order valence-electron chi connectivity index (χ0n) is 10.2. The summed E-state index contributed by atoms with van der Waals surface area (Å²) in [6, 6.07) is 5.97. The number of thiophene rings is 1. The second-order valence-corrected chi connectivity index (χ2v) is 7.90. The van der Waals surface area contributed by atoms with E-state index < -0.39 is 10.0 Å². The van der Waals surface area contributed by atoms with E-state index in [0.29, 0.717) is 10.0 Å². The second kappa shape index (κ2) is 6.22. The van der Waals surface area contributed by atoms with Crippen LogP contribution in [0.3, 0.4) is 0 Å². The summed E-state index contributed by atoms with van der Waals surface area (Å²) in [5, 5.41) is 13.2. The van der Waals surface area contributed by atoms with Crippen LogP contribution in [0.1, 0.15) is 5.56 Å². The molecule has 2 rings (SSSR count). The molecule has 0 fully saturated rings. The standard InChI is InChI=1S/C11H9BrClN3O3S2/c12-7-3-4-20-11(7)21(18,19)16-9-2-1-6(5-8(9)13)10(14)15-17/h1-5,16-17H,(H2,14,15). The maximum Gasteiger partial charge on any atom is 0.272 e. The molecule has 21 heavy (non-hydrogen) atoms. The first-order valence-electron chi connectivity index (χ1n) is 5.38. The number of nitrogens with one attached hydrogen (secondary N) is 1. The van der Waals surface area contributed by atoms with Crippen LogP contribution >= 0.6 is 38.9 Å². The fourth-order valence-corrected chi connectivity index (χ4v) is 5.18. The Hall–Kier alpha value is -1.29. The molecular weight excluding hydrogens is 402 g/mol. The summed E-state index contributed by atoms with van der Waals surface area (Å²) in [7, 11) is -3.74. The van der Waals surface area contributed by atoms with Crippen LogP contribution < -0.4 is 10.5 Å². The van der Waals surface area contributed by atoms with Crippen LogP contribution in [-0.2, 0) is 10.0 Å². The van der Waals surface area contributed by atoms with Gasteiger partial charge in [0.2, 0.25) is 0 Å². The molecule has 0 saturated heterocycles. The molecule has 0 aliphatic rings. The first-order valence-corrected chi connectivity index (χ1v) is 8.92. The zero-order chi connectivity index (χ0) is 15.6. The molecule has 0 spiro atoms. The number of amidine groups is 1. The Morgan fingerprint density at radius 1 is 1.43 bits per heavy atom. The molecule has 0 radical (unpaired) electrons. The van der Waals surface area contributed by atoms with Crippen LogP contribution in [0.2, 0.25) is 5.02 Å². The molecule has 0 amide bonds. The Balaban J connectivity index is 2.35. The average Bonchev–Trinajstić information content (AvgIpc) is 2.87. The topological polar surface area (TPSA) is 105 Å². The highest BCUT2D eigenvalue weighted by atomic mass is 79.9. The Labute approximate surface area is 138 Å². The minimum absolute atomic E-state index is 0.118. The lowest BCUT2D eigenvalue weighted by atomic mass is 10.2. The summed E-state index contributed by atoms with van der Waals surface area (Å²) in [5.74, 6) is -0.118. The Kier molecular flexibility index (Phi) is 4.77. The van der Waals surface area contributed by atoms with E-state index in [9.17, 15) is 8.42 Å². The molecular formula is C11H9BrClN3O3S2. The van der Waals surface area contributed by atoms with Gasteiger partial charge in [-0.3, -0.25) is 4.72 Å². The van der Waals surface area contributed by atoms with Gasteiger partial charge >= 0.3 is 0 Å². The van der Waals surface area contributed by atoms with E-state index in [1.54, 1.807) is 11.4 Å². The smallest absolute Gasteiger partial charge is 0.272 e. The highest BCUT2D eigenvalue weighted by Crippen LogP contribution is 2.31. The molecule has 0 bridgehead atoms. The SMILES string of the molecule is N/C(=N/O)c1ccc(NS(=O)(=O)c2sccc2Br)c(Cl)c1. The average molecular weight is 411 g/mol. The largest absolute Gasteiger partial charge is 0.409 e. The van der Waals surface area contributed by atoms with Crippen LogP contribution in [0.4, 0.5) is 5.69 Å². The van der Waals surface area contributed by atoms with Crippen LogP contribution in [0.5, 0.6) is 0 Å². The molecule has 112 valence electrons. The van der Waals surface area contributed by atoms with Crippen molar-refractivity contribution in [1.29, 1.82) is 0 Å². The molecule has 0 aliphatic heterocycles. The number of nitrogens with two attached hydrogens (primary N) is 1. The van der Waals surface area contributed by atoms with E-state index in [1.165, 1.54) is 18.2 Å². The minimum atomic E-state index is -3.74. The molecule has 0 unspecified atom stereocenters. The number of halogens is 2. The summed E-state index contributed by atoms with van der Waals surface area (Å²) < 4.78 is 27.5. The number of oxime groups is 1. The predicted octanol–water partition coefficient (Wildman–Crippen LogP) is 3.06. The van der Waals surface area contributed by atoms with Gasteiger partial charge < -0.3 is 10.9 Å². The molecule has 10 heteroatoms. The lowest BCUT2D eigenvalue weighted by Gasteiger charge is -2.10. The van der Waals surface area contributed by atoms with Crippen molar-refractivity contribution >= 4 is 60.4 Å². The second-order valence-electron chi connectivity index (χ2n) is 3.84. The third-order valence-corrected chi connectivity index (χ3v) is 6.79. The van der Waals surface area contributed by atoms with Gasteiger partial charge in [0.05, 0.1) is 10.7 Å². The lowest BCUT2D eigenvalue weighted by Crippen LogP contribution is -2.15. The first kappa shape index (κ1) is 16.1. The Morgan fingerprint density at radius 3 is 2.67 bits per heavy atom. The van der Waals surface area contributed by atoms with Crippen molar-refractivity contribution in [3.8, 4) is 0 Å². The minimum Gasteiger partial charge on any atom is -0.409 e. The highest BCUT2D eigenvalue weighted by Gasteiger charge is 2.20. The number of hydrogen-bond donors (Lipinski definition) is 3. The molecule has 0 atom stereocenters. The van der Waals surface area contributed by atoms with Gasteiger partial charge in [0.1, 0.15) is 0 Å². The fourth-order valence-electron chi connectivity index (χ4n) is 1.48. The van der Waals surface area contributed by atoms with E-state index >= 15 is 0 Å². The highest BCUT2D eigenvalue weighted by molar-refractivity contribution is 9.10.